The highest BCUT2D eigenvalue weighted by molar-refractivity contribution is 7.13. The molecule has 1 aliphatic carbocycles. The van der Waals surface area contributed by atoms with Gasteiger partial charge in [-0.25, -0.2) is 14.6 Å². The van der Waals surface area contributed by atoms with Crippen molar-refractivity contribution in [2.24, 2.45) is 11.8 Å². The van der Waals surface area contributed by atoms with Gasteiger partial charge in [0.1, 0.15) is 33.2 Å². The van der Waals surface area contributed by atoms with Crippen LogP contribution in [-0.2, 0) is 27.2 Å². The van der Waals surface area contributed by atoms with Crippen LogP contribution in [0.15, 0.2) is 73.1 Å². The van der Waals surface area contributed by atoms with Crippen LogP contribution in [0, 0.1) is 11.8 Å². The molecule has 52 heavy (non-hydrogen) atoms. The minimum Gasteiger partial charge on any atom is -0.870 e. The molecule has 2 unspecified atom stereocenters. The number of nitrogens with one attached hydrogen (secondary N) is 2. The first-order chi connectivity index (χ1) is 24.8. The van der Waals surface area contributed by atoms with E-state index in [1.54, 1.807) is 25.6 Å². The lowest BCUT2D eigenvalue weighted by atomic mass is 9.86. The number of benzene rings is 2. The van der Waals surface area contributed by atoms with Crippen molar-refractivity contribution in [3.8, 4) is 11.5 Å². The monoisotopic (exact) mass is 767 g/mol. The van der Waals surface area contributed by atoms with Crippen molar-refractivity contribution in [3.63, 3.8) is 0 Å². The van der Waals surface area contributed by atoms with Gasteiger partial charge in [0.15, 0.2) is 23.9 Å². The second kappa shape index (κ2) is 17.4. The van der Waals surface area contributed by atoms with Gasteiger partial charge in [-0.05, 0) is 86.0 Å². The van der Waals surface area contributed by atoms with Crippen LogP contribution in [0.2, 0.25) is 10.0 Å². The molecule has 0 radical (unpaired) electrons. The van der Waals surface area contributed by atoms with Crippen LogP contribution in [0.1, 0.15) is 69.1 Å². The van der Waals surface area contributed by atoms with Crippen molar-refractivity contribution < 1.29 is 39.0 Å². The predicted molar refractivity (Wildman–Crippen MR) is 197 cm³/mol. The van der Waals surface area contributed by atoms with Gasteiger partial charge in [0, 0.05) is 30.0 Å². The van der Waals surface area contributed by atoms with Gasteiger partial charge in [0.2, 0.25) is 0 Å². The molecular weight excluding hydrogens is 725 g/mol. The van der Waals surface area contributed by atoms with Gasteiger partial charge >= 0.3 is 11.9 Å². The molecule has 5 heterocycles. The van der Waals surface area contributed by atoms with Gasteiger partial charge in [0.05, 0.1) is 13.7 Å². The lowest BCUT2D eigenvalue weighted by molar-refractivity contribution is -0.377. The number of carbonyl (C=O) groups excluding carboxylic acids is 2. The molecule has 3 aliphatic heterocycles. The van der Waals surface area contributed by atoms with Crippen LogP contribution in [0.25, 0.3) is 0 Å². The van der Waals surface area contributed by atoms with Crippen LogP contribution in [0.3, 0.4) is 0 Å². The third-order valence-corrected chi connectivity index (χ3v) is 11.7. The first kappa shape index (κ1) is 38.0. The Bertz CT molecular complexity index is 1810. The molecule has 0 amide bonds. The molecule has 13 heteroatoms. The molecule has 3 saturated heterocycles. The molecule has 3 atom stereocenters. The number of halogens is 2. The number of pyridine rings is 1. The summed E-state index contributed by atoms with van der Waals surface area (Å²) in [6.45, 7) is 3.91. The first-order valence-electron chi connectivity index (χ1n) is 17.5. The summed E-state index contributed by atoms with van der Waals surface area (Å²) >= 11 is 14.4. The Balaban J connectivity index is 0.00000464. The third kappa shape index (κ3) is 9.25. The fourth-order valence-corrected chi connectivity index (χ4v) is 8.17. The Hall–Kier alpha value is -3.71. The zero-order valence-electron chi connectivity index (χ0n) is 28.9. The molecule has 3 N–H and O–H groups in total. The zero-order chi connectivity index (χ0) is 35.3. The van der Waals surface area contributed by atoms with E-state index >= 15 is 0 Å². The molecule has 0 spiro atoms. The lowest BCUT2D eigenvalue weighted by Gasteiger charge is -2.44. The summed E-state index contributed by atoms with van der Waals surface area (Å²) in [5.41, 5.74) is 2.21. The third-order valence-electron chi connectivity index (χ3n) is 9.94. The van der Waals surface area contributed by atoms with Crippen molar-refractivity contribution in [1.82, 2.24) is 10.2 Å². The Morgan fingerprint density at radius 1 is 0.962 bits per heavy atom. The number of fused-ring (bicyclic) bond motifs is 3. The second-order valence-corrected chi connectivity index (χ2v) is 15.5. The van der Waals surface area contributed by atoms with E-state index < -0.39 is 18.1 Å². The van der Waals surface area contributed by atoms with E-state index in [2.05, 4.69) is 15.2 Å². The average Bonchev–Trinajstić information content (AvgIpc) is 3.87. The standard InChI is InChI=1S/C39H41Cl2N3O6S.H2O/c1-47-32-11-9-27(17-34(32)48-23-24-7-8-24)33(18-29-30(40)20-42-21-31(29)41)49-38(45)36-12-10-28(51-36)19-43-37(26-5-3-2-4-6-26)39(46)50-35-22-44-15-13-25(35)14-16-44;/h2-6,9-12,17,20-21,24-25,33,35,37,43H,7-8,13-16,18-19,22-23H2,1H3;1H2/t33?,35-,37?;/m0./s1. The fourth-order valence-electron chi connectivity index (χ4n) is 6.80. The quantitative estimate of drug-likeness (QED) is 0.126. The number of hydrogen-bond acceptors (Lipinski definition) is 10. The number of piperidine rings is 3. The Morgan fingerprint density at radius 2 is 1.71 bits per heavy atom. The van der Waals surface area contributed by atoms with Crippen LogP contribution < -0.4 is 19.8 Å². The van der Waals surface area contributed by atoms with Crippen LogP contribution in [-0.4, -0.2) is 61.8 Å². The number of aromatic nitrogens is 1. The Morgan fingerprint density at radius 3 is 2.38 bits per heavy atom. The van der Waals surface area contributed by atoms with Crippen LogP contribution in [0.4, 0.5) is 0 Å². The summed E-state index contributed by atoms with van der Waals surface area (Å²) in [5.74, 6) is 1.39. The normalized spacial score (nSPS) is 20.3. The van der Waals surface area contributed by atoms with Crippen LogP contribution in [0.5, 0.6) is 11.5 Å². The maximum absolute atomic E-state index is 13.7. The number of ether oxygens (including phenoxy) is 4. The van der Waals surface area contributed by atoms with Crippen molar-refractivity contribution in [1.29, 1.82) is 0 Å². The first-order valence-corrected chi connectivity index (χ1v) is 19.1. The maximum Gasteiger partial charge on any atom is 0.348 e. The number of aromatic amines is 1. The van der Waals surface area contributed by atoms with Gasteiger partial charge < -0.3 is 24.4 Å². The minimum absolute atomic E-state index is 0. The fraction of sp³-hybridized carbons (Fsp3) is 0.410. The number of hydrogen-bond donors (Lipinski definition) is 1. The number of methoxy groups -OCH3 is 1. The molecule has 2 aromatic heterocycles. The van der Waals surface area contributed by atoms with E-state index in [1.807, 2.05) is 54.6 Å². The van der Waals surface area contributed by atoms with Gasteiger partial charge in [-0.2, -0.15) is 0 Å². The number of rotatable bonds is 15. The number of esters is 2. The maximum atomic E-state index is 13.7. The summed E-state index contributed by atoms with van der Waals surface area (Å²) in [6.07, 6.45) is 7.15. The summed E-state index contributed by atoms with van der Waals surface area (Å²) in [5, 5.41) is 4.28. The topological polar surface area (TPSA) is 130 Å². The smallest absolute Gasteiger partial charge is 0.348 e. The Labute approximate surface area is 317 Å². The average molecular weight is 769 g/mol. The zero-order valence-corrected chi connectivity index (χ0v) is 31.2. The largest absolute Gasteiger partial charge is 0.870 e. The lowest BCUT2D eigenvalue weighted by Crippen LogP contribution is -2.52. The molecule has 2 bridgehead atoms. The van der Waals surface area contributed by atoms with Crippen molar-refractivity contribution in [2.45, 2.75) is 56.9 Å². The Kier molecular flexibility index (Phi) is 12.7. The summed E-state index contributed by atoms with van der Waals surface area (Å²) in [4.78, 5) is 34.0. The van der Waals surface area contributed by atoms with Crippen LogP contribution >= 0.6 is 34.5 Å². The minimum atomic E-state index is -0.726. The SMILES string of the molecule is COc1ccc(C(Cc2c(Cl)c[nH+]cc2Cl)OC(=O)c2ccc(CNC(C(=O)O[C@H]3CN4CCC3CC4)c3ccccc3)s2)cc1OCC1CC1.[OH-]. The molecule has 276 valence electrons. The van der Waals surface area contributed by atoms with E-state index in [0.717, 1.165) is 61.3 Å². The van der Waals surface area contributed by atoms with E-state index in [1.165, 1.54) is 11.3 Å². The van der Waals surface area contributed by atoms with E-state index in [-0.39, 0.29) is 24.0 Å². The highest BCUT2D eigenvalue weighted by Gasteiger charge is 2.38. The number of H-pyrrole nitrogens is 1. The molecule has 10 nitrogen and oxygen atoms in total. The number of carbonyl (C=O) groups is 2. The van der Waals surface area contributed by atoms with Gasteiger partial charge in [-0.3, -0.25) is 10.2 Å². The molecule has 4 aromatic rings. The molecule has 2 aromatic carbocycles. The number of thiophene rings is 1. The second-order valence-electron chi connectivity index (χ2n) is 13.5. The van der Waals surface area contributed by atoms with Gasteiger partial charge in [0.25, 0.3) is 0 Å². The molecule has 1 saturated carbocycles. The molecule has 8 rings (SSSR count). The van der Waals surface area contributed by atoms with Crippen molar-refractivity contribution in [3.05, 3.63) is 110 Å². The molecule has 4 fully saturated rings. The molecule has 4 aliphatic rings. The summed E-state index contributed by atoms with van der Waals surface area (Å²) in [7, 11) is 1.60. The van der Waals surface area contributed by atoms with E-state index in [4.69, 9.17) is 42.1 Å². The summed E-state index contributed by atoms with van der Waals surface area (Å²) in [6, 6.07) is 18.1. The van der Waals surface area contributed by atoms with Gasteiger partial charge in [-0.1, -0.05) is 59.6 Å². The van der Waals surface area contributed by atoms with E-state index in [0.29, 0.717) is 57.0 Å². The molecular formula is C39H43Cl2N3O7S. The van der Waals surface area contributed by atoms with Crippen molar-refractivity contribution >= 4 is 46.5 Å². The van der Waals surface area contributed by atoms with Crippen molar-refractivity contribution in [2.75, 3.05) is 33.4 Å². The highest BCUT2D eigenvalue weighted by atomic mass is 35.5. The summed E-state index contributed by atoms with van der Waals surface area (Å²) < 4.78 is 24.0. The highest BCUT2D eigenvalue weighted by Crippen LogP contribution is 2.38. The van der Waals surface area contributed by atoms with Gasteiger partial charge in [-0.15, -0.1) is 11.3 Å². The number of nitrogens with zero attached hydrogens (tertiary/aromatic N) is 1. The van der Waals surface area contributed by atoms with E-state index in [9.17, 15) is 9.59 Å². The predicted octanol–water partition coefficient (Wildman–Crippen LogP) is 7.10.